The van der Waals surface area contributed by atoms with Gasteiger partial charge in [-0.25, -0.2) is 9.67 Å². The summed E-state index contributed by atoms with van der Waals surface area (Å²) in [6, 6.07) is 0. The zero-order valence-corrected chi connectivity index (χ0v) is 11.4. The molecule has 1 heterocycles. The minimum absolute atomic E-state index is 0.0725. The number of hydrogen-bond donors (Lipinski definition) is 0. The van der Waals surface area contributed by atoms with Crippen LogP contribution in [0.3, 0.4) is 0 Å². The Hall–Kier alpha value is -1.40. The van der Waals surface area contributed by atoms with Gasteiger partial charge in [-0.2, -0.15) is 18.3 Å². The van der Waals surface area contributed by atoms with E-state index < -0.39 is 18.0 Å². The van der Waals surface area contributed by atoms with E-state index in [1.165, 1.54) is 6.33 Å². The lowest BCUT2D eigenvalue weighted by molar-refractivity contribution is -0.186. The van der Waals surface area contributed by atoms with Gasteiger partial charge in [-0.05, 0) is 26.2 Å². The third-order valence-corrected chi connectivity index (χ3v) is 3.92. The summed E-state index contributed by atoms with van der Waals surface area (Å²) in [4.78, 5) is 16.2. The molecule has 1 aliphatic rings. The molecular weight excluding hydrogens is 271 g/mol. The van der Waals surface area contributed by atoms with Gasteiger partial charge in [-0.1, -0.05) is 6.42 Å². The van der Waals surface area contributed by atoms with Crippen LogP contribution >= 0.6 is 0 Å². The van der Waals surface area contributed by atoms with E-state index in [2.05, 4.69) is 10.1 Å². The quantitative estimate of drug-likeness (QED) is 0.856. The minimum atomic E-state index is -4.19. The lowest BCUT2D eigenvalue weighted by Gasteiger charge is -2.29. The highest BCUT2D eigenvalue weighted by Crippen LogP contribution is 2.40. The minimum Gasteiger partial charge on any atom is -0.299 e. The molecule has 1 saturated carbocycles. The average molecular weight is 289 g/mol. The van der Waals surface area contributed by atoms with Gasteiger partial charge in [0.2, 0.25) is 0 Å². The Morgan fingerprint density at radius 1 is 1.45 bits per heavy atom. The van der Waals surface area contributed by atoms with Gasteiger partial charge >= 0.3 is 6.18 Å². The number of nitrogens with zero attached hydrogens (tertiary/aromatic N) is 3. The second-order valence-corrected chi connectivity index (χ2v) is 5.24. The van der Waals surface area contributed by atoms with Crippen LogP contribution in [-0.4, -0.2) is 26.7 Å². The molecule has 2 unspecified atom stereocenters. The number of carbonyl (C=O) groups excluding carboxylic acids is 1. The van der Waals surface area contributed by atoms with Crippen molar-refractivity contribution in [2.75, 3.05) is 0 Å². The van der Waals surface area contributed by atoms with Gasteiger partial charge in [0, 0.05) is 12.5 Å². The second-order valence-electron chi connectivity index (χ2n) is 5.24. The molecule has 2 rings (SSSR count). The Labute approximate surface area is 115 Å². The number of ketones is 1. The number of alkyl halides is 3. The Balaban J connectivity index is 1.99. The summed E-state index contributed by atoms with van der Waals surface area (Å²) in [5, 5.41) is 3.96. The standard InChI is InChI=1S/C13H18F3N3O/c1-2-19-12(17-8-18-19)7-11(20)9-4-3-5-10(6-9)13(14,15)16/h8-10H,2-7H2,1H3. The van der Waals surface area contributed by atoms with Crippen LogP contribution in [0, 0.1) is 11.8 Å². The highest BCUT2D eigenvalue weighted by Gasteiger charge is 2.43. The molecule has 7 heteroatoms. The van der Waals surface area contributed by atoms with E-state index in [9.17, 15) is 18.0 Å². The molecule has 0 amide bonds. The summed E-state index contributed by atoms with van der Waals surface area (Å²) >= 11 is 0. The van der Waals surface area contributed by atoms with Crippen molar-refractivity contribution in [2.45, 2.75) is 51.7 Å². The zero-order valence-electron chi connectivity index (χ0n) is 11.4. The normalized spacial score (nSPS) is 23.8. The lowest BCUT2D eigenvalue weighted by atomic mass is 9.78. The number of hydrogen-bond acceptors (Lipinski definition) is 3. The van der Waals surface area contributed by atoms with Gasteiger partial charge in [0.05, 0.1) is 12.3 Å². The SMILES string of the molecule is CCn1ncnc1CC(=O)C1CCCC(C(F)(F)F)C1. The van der Waals surface area contributed by atoms with Crippen molar-refractivity contribution >= 4 is 5.78 Å². The highest BCUT2D eigenvalue weighted by atomic mass is 19.4. The van der Waals surface area contributed by atoms with Crippen molar-refractivity contribution in [1.29, 1.82) is 0 Å². The van der Waals surface area contributed by atoms with E-state index in [4.69, 9.17) is 0 Å². The van der Waals surface area contributed by atoms with Crippen molar-refractivity contribution in [3.63, 3.8) is 0 Å². The molecule has 0 saturated heterocycles. The number of carbonyl (C=O) groups is 1. The maximum Gasteiger partial charge on any atom is 0.391 e. The smallest absolute Gasteiger partial charge is 0.299 e. The summed E-state index contributed by atoms with van der Waals surface area (Å²) < 4.78 is 39.8. The van der Waals surface area contributed by atoms with Crippen LogP contribution in [0.15, 0.2) is 6.33 Å². The summed E-state index contributed by atoms with van der Waals surface area (Å²) in [7, 11) is 0. The van der Waals surface area contributed by atoms with Crippen LogP contribution < -0.4 is 0 Å². The number of halogens is 3. The van der Waals surface area contributed by atoms with E-state index in [0.29, 0.717) is 25.2 Å². The number of Topliss-reactive ketones (excluding diaryl/α,β-unsaturated/α-hetero) is 1. The fourth-order valence-electron chi connectivity index (χ4n) is 2.77. The molecule has 1 fully saturated rings. The van der Waals surface area contributed by atoms with Gasteiger partial charge in [0.15, 0.2) is 0 Å². The van der Waals surface area contributed by atoms with Crippen LogP contribution in [0.2, 0.25) is 0 Å². The molecule has 0 aliphatic heterocycles. The van der Waals surface area contributed by atoms with Crippen LogP contribution in [0.4, 0.5) is 13.2 Å². The fraction of sp³-hybridized carbons (Fsp3) is 0.769. The monoisotopic (exact) mass is 289 g/mol. The Kier molecular flexibility index (Phi) is 4.45. The van der Waals surface area contributed by atoms with Crippen LogP contribution in [0.1, 0.15) is 38.4 Å². The maximum atomic E-state index is 12.7. The molecule has 1 aliphatic carbocycles. The van der Waals surface area contributed by atoms with Crippen LogP contribution in [0.5, 0.6) is 0 Å². The first-order valence-electron chi connectivity index (χ1n) is 6.88. The maximum absolute atomic E-state index is 12.7. The molecule has 0 radical (unpaired) electrons. The van der Waals surface area contributed by atoms with Crippen molar-refractivity contribution < 1.29 is 18.0 Å². The van der Waals surface area contributed by atoms with Crippen LogP contribution in [-0.2, 0) is 17.8 Å². The molecular formula is C13H18F3N3O. The zero-order chi connectivity index (χ0) is 14.8. The van der Waals surface area contributed by atoms with Gasteiger partial charge in [-0.15, -0.1) is 0 Å². The topological polar surface area (TPSA) is 47.8 Å². The Morgan fingerprint density at radius 3 is 2.85 bits per heavy atom. The second kappa shape index (κ2) is 5.93. The van der Waals surface area contributed by atoms with E-state index in [1.54, 1.807) is 4.68 Å². The molecule has 112 valence electrons. The van der Waals surface area contributed by atoms with Gasteiger partial charge in [0.25, 0.3) is 0 Å². The fourth-order valence-corrected chi connectivity index (χ4v) is 2.77. The first-order chi connectivity index (χ1) is 9.41. The highest BCUT2D eigenvalue weighted by molar-refractivity contribution is 5.82. The van der Waals surface area contributed by atoms with Gasteiger partial charge < -0.3 is 0 Å². The first kappa shape index (κ1) is 15.0. The van der Waals surface area contributed by atoms with Crippen molar-refractivity contribution in [2.24, 2.45) is 11.8 Å². The van der Waals surface area contributed by atoms with E-state index in [-0.39, 0.29) is 25.0 Å². The largest absolute Gasteiger partial charge is 0.391 e. The molecule has 0 spiro atoms. The van der Waals surface area contributed by atoms with Crippen molar-refractivity contribution in [3.05, 3.63) is 12.2 Å². The predicted octanol–water partition coefficient (Wildman–Crippen LogP) is 2.78. The van der Waals surface area contributed by atoms with Crippen LogP contribution in [0.25, 0.3) is 0 Å². The van der Waals surface area contributed by atoms with E-state index >= 15 is 0 Å². The molecule has 20 heavy (non-hydrogen) atoms. The molecule has 1 aromatic rings. The summed E-state index contributed by atoms with van der Waals surface area (Å²) in [5.41, 5.74) is 0. The average Bonchev–Trinajstić information content (AvgIpc) is 2.85. The molecule has 2 atom stereocenters. The van der Waals surface area contributed by atoms with Gasteiger partial charge in [0.1, 0.15) is 17.9 Å². The third-order valence-electron chi connectivity index (χ3n) is 3.92. The summed E-state index contributed by atoms with van der Waals surface area (Å²) in [5.74, 6) is -1.46. The van der Waals surface area contributed by atoms with Crippen molar-refractivity contribution in [1.82, 2.24) is 14.8 Å². The summed E-state index contributed by atoms with van der Waals surface area (Å²) in [6.45, 7) is 2.47. The third kappa shape index (κ3) is 3.37. The van der Waals surface area contributed by atoms with Crippen molar-refractivity contribution in [3.8, 4) is 0 Å². The van der Waals surface area contributed by atoms with Gasteiger partial charge in [-0.3, -0.25) is 4.79 Å². The first-order valence-corrected chi connectivity index (χ1v) is 6.88. The van der Waals surface area contributed by atoms with E-state index in [0.717, 1.165) is 0 Å². The molecule has 4 nitrogen and oxygen atoms in total. The summed E-state index contributed by atoms with van der Waals surface area (Å²) in [6.07, 6.45) is -1.69. The Morgan fingerprint density at radius 2 is 2.20 bits per heavy atom. The number of rotatable bonds is 4. The molecule has 0 N–H and O–H groups in total. The molecule has 0 aromatic carbocycles. The lowest BCUT2D eigenvalue weighted by Crippen LogP contribution is -2.32. The van der Waals surface area contributed by atoms with E-state index in [1.807, 2.05) is 6.92 Å². The Bertz CT molecular complexity index is 470. The molecule has 0 bridgehead atoms. The molecule has 1 aromatic heterocycles. The predicted molar refractivity (Wildman–Crippen MR) is 65.9 cm³/mol. The number of aryl methyl sites for hydroxylation is 1. The number of aromatic nitrogens is 3.